The Hall–Kier alpha value is -1.33. The van der Waals surface area contributed by atoms with Crippen LogP contribution in [0, 0.1) is 0 Å². The Labute approximate surface area is 114 Å². The molecule has 0 aliphatic carbocycles. The van der Waals surface area contributed by atoms with Gasteiger partial charge >= 0.3 is 0 Å². The quantitative estimate of drug-likeness (QED) is 0.940. The van der Waals surface area contributed by atoms with Gasteiger partial charge in [-0.25, -0.2) is 0 Å². The summed E-state index contributed by atoms with van der Waals surface area (Å²) in [6.07, 6.45) is 3.03. The van der Waals surface area contributed by atoms with E-state index in [9.17, 15) is 5.11 Å². The average molecular weight is 311 g/mol. The molecule has 0 aliphatic rings. The second-order valence-corrected chi connectivity index (χ2v) is 4.85. The molecular weight excluding hydrogens is 296 g/mol. The highest BCUT2D eigenvalue weighted by atomic mass is 79.9. The van der Waals surface area contributed by atoms with Gasteiger partial charge in [-0.2, -0.15) is 5.10 Å². The molecule has 0 bridgehead atoms. The molecule has 0 fully saturated rings. The lowest BCUT2D eigenvalue weighted by molar-refractivity contribution is 0.199. The van der Waals surface area contributed by atoms with Crippen molar-refractivity contribution in [1.29, 1.82) is 0 Å². The summed E-state index contributed by atoms with van der Waals surface area (Å²) in [5, 5.41) is 13.6. The fourth-order valence-electron chi connectivity index (χ4n) is 1.56. The molecule has 1 aromatic heterocycles. The van der Waals surface area contributed by atoms with Crippen molar-refractivity contribution in [2.45, 2.75) is 26.5 Å². The maximum absolute atomic E-state index is 9.49. The molecule has 2 aromatic rings. The minimum atomic E-state index is -0.488. The standard InChI is InChI=1S/C13H15BrN2O2/c1-3-16-8-11(7-15-16)18-13-5-4-10(9(2)17)6-12(13)14/h4-9,17H,3H2,1-2H3/t9-/m0/s1. The van der Waals surface area contributed by atoms with Crippen molar-refractivity contribution in [3.8, 4) is 11.5 Å². The highest BCUT2D eigenvalue weighted by Gasteiger charge is 2.08. The fraction of sp³-hybridized carbons (Fsp3) is 0.308. The van der Waals surface area contributed by atoms with E-state index in [1.807, 2.05) is 31.3 Å². The Balaban J connectivity index is 2.19. The minimum Gasteiger partial charge on any atom is -0.453 e. The molecule has 1 heterocycles. The fourth-order valence-corrected chi connectivity index (χ4v) is 2.03. The number of ether oxygens (including phenoxy) is 1. The summed E-state index contributed by atoms with van der Waals surface area (Å²) in [5.74, 6) is 1.40. The van der Waals surface area contributed by atoms with Crippen LogP contribution in [0.5, 0.6) is 11.5 Å². The molecule has 0 saturated heterocycles. The minimum absolute atomic E-state index is 0.488. The first-order valence-corrected chi connectivity index (χ1v) is 6.57. The molecule has 0 saturated carbocycles. The van der Waals surface area contributed by atoms with Crippen molar-refractivity contribution in [2.75, 3.05) is 0 Å². The zero-order chi connectivity index (χ0) is 13.1. The molecule has 1 atom stereocenters. The van der Waals surface area contributed by atoms with Gasteiger partial charge in [-0.05, 0) is 47.5 Å². The van der Waals surface area contributed by atoms with Crippen molar-refractivity contribution in [3.05, 3.63) is 40.6 Å². The van der Waals surface area contributed by atoms with Crippen LogP contribution in [-0.4, -0.2) is 14.9 Å². The SMILES string of the molecule is CCn1cc(Oc2ccc([C@H](C)O)cc2Br)cn1. The van der Waals surface area contributed by atoms with Gasteiger partial charge in [0.1, 0.15) is 5.75 Å². The average Bonchev–Trinajstić information content (AvgIpc) is 2.79. The number of nitrogens with zero attached hydrogens (tertiary/aromatic N) is 2. The van der Waals surface area contributed by atoms with Gasteiger partial charge in [0.25, 0.3) is 0 Å². The van der Waals surface area contributed by atoms with E-state index in [0.717, 1.165) is 16.6 Å². The Kier molecular flexibility index (Phi) is 4.04. The van der Waals surface area contributed by atoms with Gasteiger partial charge in [0.15, 0.2) is 5.75 Å². The topological polar surface area (TPSA) is 47.3 Å². The number of rotatable bonds is 4. The zero-order valence-electron chi connectivity index (χ0n) is 10.3. The second-order valence-electron chi connectivity index (χ2n) is 4.00. The smallest absolute Gasteiger partial charge is 0.165 e. The first-order chi connectivity index (χ1) is 8.60. The van der Waals surface area contributed by atoms with E-state index < -0.39 is 6.10 Å². The molecule has 2 rings (SSSR count). The van der Waals surface area contributed by atoms with Gasteiger partial charge < -0.3 is 9.84 Å². The molecule has 0 spiro atoms. The number of hydrogen-bond donors (Lipinski definition) is 1. The number of aliphatic hydroxyl groups excluding tert-OH is 1. The van der Waals surface area contributed by atoms with E-state index in [2.05, 4.69) is 21.0 Å². The number of benzene rings is 1. The van der Waals surface area contributed by atoms with Crippen molar-refractivity contribution < 1.29 is 9.84 Å². The van der Waals surface area contributed by atoms with Crippen LogP contribution in [0.15, 0.2) is 35.1 Å². The Morgan fingerprint density at radius 1 is 1.50 bits per heavy atom. The molecule has 18 heavy (non-hydrogen) atoms. The van der Waals surface area contributed by atoms with Crippen LogP contribution in [0.1, 0.15) is 25.5 Å². The molecule has 1 aromatic carbocycles. The molecule has 5 heteroatoms. The largest absolute Gasteiger partial charge is 0.453 e. The van der Waals surface area contributed by atoms with E-state index in [4.69, 9.17) is 4.74 Å². The third-order valence-electron chi connectivity index (χ3n) is 2.60. The van der Waals surface area contributed by atoms with E-state index in [1.54, 1.807) is 17.8 Å². The van der Waals surface area contributed by atoms with Crippen LogP contribution >= 0.6 is 15.9 Å². The van der Waals surface area contributed by atoms with E-state index in [-0.39, 0.29) is 0 Å². The predicted octanol–water partition coefficient (Wildman–Crippen LogP) is 3.51. The highest BCUT2D eigenvalue weighted by molar-refractivity contribution is 9.10. The molecule has 0 aliphatic heterocycles. The first-order valence-electron chi connectivity index (χ1n) is 5.78. The van der Waals surface area contributed by atoms with Crippen molar-refractivity contribution >= 4 is 15.9 Å². The second kappa shape index (κ2) is 5.54. The lowest BCUT2D eigenvalue weighted by Gasteiger charge is -2.09. The first kappa shape index (κ1) is 13.1. The van der Waals surface area contributed by atoms with Crippen molar-refractivity contribution in [3.63, 3.8) is 0 Å². The van der Waals surface area contributed by atoms with Gasteiger partial charge in [0.05, 0.1) is 23.0 Å². The number of aliphatic hydroxyl groups is 1. The Bertz CT molecular complexity index is 538. The van der Waals surface area contributed by atoms with Crippen LogP contribution in [0.3, 0.4) is 0 Å². The normalized spacial score (nSPS) is 12.4. The molecule has 0 amide bonds. The summed E-state index contributed by atoms with van der Waals surface area (Å²) >= 11 is 3.43. The van der Waals surface area contributed by atoms with Gasteiger partial charge in [-0.15, -0.1) is 0 Å². The number of aromatic nitrogens is 2. The van der Waals surface area contributed by atoms with Gasteiger partial charge in [-0.1, -0.05) is 6.07 Å². The molecule has 4 nitrogen and oxygen atoms in total. The van der Waals surface area contributed by atoms with Crippen LogP contribution in [-0.2, 0) is 6.54 Å². The third-order valence-corrected chi connectivity index (χ3v) is 3.22. The lowest BCUT2D eigenvalue weighted by Crippen LogP contribution is -1.93. The summed E-state index contributed by atoms with van der Waals surface area (Å²) in [7, 11) is 0. The van der Waals surface area contributed by atoms with Gasteiger partial charge in [-0.3, -0.25) is 4.68 Å². The number of aryl methyl sites for hydroxylation is 1. The van der Waals surface area contributed by atoms with E-state index in [1.165, 1.54) is 0 Å². The van der Waals surface area contributed by atoms with Gasteiger partial charge in [0.2, 0.25) is 0 Å². The third kappa shape index (κ3) is 2.91. The summed E-state index contributed by atoms with van der Waals surface area (Å²) < 4.78 is 8.32. The van der Waals surface area contributed by atoms with E-state index in [0.29, 0.717) is 11.5 Å². The molecule has 1 N–H and O–H groups in total. The lowest BCUT2D eigenvalue weighted by atomic mass is 10.1. The molecule has 0 unspecified atom stereocenters. The van der Waals surface area contributed by atoms with Crippen LogP contribution in [0.25, 0.3) is 0 Å². The van der Waals surface area contributed by atoms with Crippen molar-refractivity contribution in [2.24, 2.45) is 0 Å². The Morgan fingerprint density at radius 2 is 2.28 bits per heavy atom. The maximum atomic E-state index is 9.49. The maximum Gasteiger partial charge on any atom is 0.165 e. The Morgan fingerprint density at radius 3 is 2.83 bits per heavy atom. The van der Waals surface area contributed by atoms with Crippen molar-refractivity contribution in [1.82, 2.24) is 9.78 Å². The molecule has 0 radical (unpaired) electrons. The van der Waals surface area contributed by atoms with Gasteiger partial charge in [0, 0.05) is 6.54 Å². The summed E-state index contributed by atoms with van der Waals surface area (Å²) in [6, 6.07) is 5.52. The molecule has 96 valence electrons. The summed E-state index contributed by atoms with van der Waals surface area (Å²) in [4.78, 5) is 0. The monoisotopic (exact) mass is 310 g/mol. The zero-order valence-corrected chi connectivity index (χ0v) is 11.9. The summed E-state index contributed by atoms with van der Waals surface area (Å²) in [5.41, 5.74) is 0.846. The predicted molar refractivity (Wildman–Crippen MR) is 72.8 cm³/mol. The van der Waals surface area contributed by atoms with Crippen LogP contribution < -0.4 is 4.74 Å². The number of hydrogen-bond acceptors (Lipinski definition) is 3. The number of halogens is 1. The highest BCUT2D eigenvalue weighted by Crippen LogP contribution is 2.31. The summed E-state index contributed by atoms with van der Waals surface area (Å²) in [6.45, 7) is 4.56. The van der Waals surface area contributed by atoms with Crippen LogP contribution in [0.4, 0.5) is 0 Å². The molecular formula is C13H15BrN2O2. The van der Waals surface area contributed by atoms with Crippen LogP contribution in [0.2, 0.25) is 0 Å². The van der Waals surface area contributed by atoms with E-state index >= 15 is 0 Å².